The summed E-state index contributed by atoms with van der Waals surface area (Å²) in [5.41, 5.74) is 0.682. The zero-order valence-electron chi connectivity index (χ0n) is 10.3. The molecule has 0 aliphatic heterocycles. The van der Waals surface area contributed by atoms with E-state index in [2.05, 4.69) is 15.9 Å². The summed E-state index contributed by atoms with van der Waals surface area (Å²) < 4.78 is 19.5. The van der Waals surface area contributed by atoms with Crippen LogP contribution in [0.5, 0.6) is 5.75 Å². The van der Waals surface area contributed by atoms with Crippen molar-refractivity contribution in [3.8, 4) is 11.8 Å². The number of rotatable bonds is 4. The third-order valence-electron chi connectivity index (χ3n) is 2.57. The van der Waals surface area contributed by atoms with Crippen molar-refractivity contribution in [1.82, 2.24) is 0 Å². The number of nitriles is 1. The monoisotopic (exact) mass is 333 g/mol. The van der Waals surface area contributed by atoms with Crippen molar-refractivity contribution in [2.75, 3.05) is 6.61 Å². The molecule has 0 fully saturated rings. The van der Waals surface area contributed by atoms with Gasteiger partial charge in [0.25, 0.3) is 0 Å². The van der Waals surface area contributed by atoms with Gasteiger partial charge in [0.1, 0.15) is 0 Å². The van der Waals surface area contributed by atoms with Crippen LogP contribution in [-0.4, -0.2) is 12.4 Å². The van der Waals surface area contributed by atoms with Gasteiger partial charge in [-0.25, -0.2) is 4.39 Å². The second kappa shape index (κ2) is 6.31. The largest absolute Gasteiger partial charge is 0.482 e. The minimum absolute atomic E-state index is 0.0488. The Hall–Kier alpha value is -2.19. The Morgan fingerprint density at radius 3 is 2.75 bits per heavy atom. The maximum absolute atomic E-state index is 13.6. The molecule has 0 unspecified atom stereocenters. The number of benzene rings is 2. The average Bonchev–Trinajstić information content (AvgIpc) is 2.45. The molecule has 2 aromatic rings. The Kier molecular flexibility index (Phi) is 4.49. The third kappa shape index (κ3) is 3.43. The fraction of sp³-hybridized carbons (Fsp3) is 0.0667. The molecular weight excluding hydrogens is 325 g/mol. The highest BCUT2D eigenvalue weighted by Crippen LogP contribution is 2.18. The normalized spacial score (nSPS) is 9.85. The van der Waals surface area contributed by atoms with Crippen LogP contribution in [0.2, 0.25) is 0 Å². The first-order chi connectivity index (χ1) is 9.60. The van der Waals surface area contributed by atoms with Crippen LogP contribution in [0.4, 0.5) is 4.39 Å². The van der Waals surface area contributed by atoms with E-state index in [4.69, 9.17) is 10.00 Å². The first kappa shape index (κ1) is 14.2. The summed E-state index contributed by atoms with van der Waals surface area (Å²) in [6.45, 7) is -0.265. The van der Waals surface area contributed by atoms with E-state index in [1.807, 2.05) is 6.07 Å². The van der Waals surface area contributed by atoms with E-state index in [9.17, 15) is 9.18 Å². The van der Waals surface area contributed by atoms with Crippen LogP contribution in [0.3, 0.4) is 0 Å². The number of Topliss-reactive ketones (excluding diaryl/α,β-unsaturated/α-hetero) is 1. The molecule has 0 amide bonds. The number of nitrogens with zero attached hydrogens (tertiary/aromatic N) is 1. The molecule has 2 rings (SSSR count). The fourth-order valence-electron chi connectivity index (χ4n) is 1.58. The standard InChI is InChI=1S/C15H9BrFNO2/c16-12-3-1-2-11(7-12)14(19)9-20-15-5-4-10(8-18)6-13(15)17/h1-7H,9H2. The lowest BCUT2D eigenvalue weighted by Gasteiger charge is -2.07. The number of ketones is 1. The predicted octanol–water partition coefficient (Wildman–Crippen LogP) is 3.72. The maximum atomic E-state index is 13.6. The van der Waals surface area contributed by atoms with Crippen molar-refractivity contribution in [3.05, 3.63) is 63.9 Å². The van der Waals surface area contributed by atoms with Gasteiger partial charge in [-0.1, -0.05) is 28.1 Å². The minimum Gasteiger partial charge on any atom is -0.482 e. The number of carbonyl (C=O) groups is 1. The van der Waals surface area contributed by atoms with Gasteiger partial charge in [0.15, 0.2) is 24.0 Å². The highest BCUT2D eigenvalue weighted by Gasteiger charge is 2.10. The summed E-state index contributed by atoms with van der Waals surface area (Å²) in [4.78, 5) is 11.9. The molecule has 2 aromatic carbocycles. The van der Waals surface area contributed by atoms with E-state index >= 15 is 0 Å². The molecule has 0 saturated heterocycles. The van der Waals surface area contributed by atoms with Crippen LogP contribution in [0.1, 0.15) is 15.9 Å². The zero-order chi connectivity index (χ0) is 14.5. The summed E-state index contributed by atoms with van der Waals surface area (Å²) in [6.07, 6.45) is 0. The van der Waals surface area contributed by atoms with Gasteiger partial charge in [0.05, 0.1) is 11.6 Å². The van der Waals surface area contributed by atoms with E-state index in [-0.39, 0.29) is 23.7 Å². The van der Waals surface area contributed by atoms with Crippen LogP contribution >= 0.6 is 15.9 Å². The van der Waals surface area contributed by atoms with E-state index in [0.717, 1.165) is 10.5 Å². The number of ether oxygens (including phenoxy) is 1. The number of hydrogen-bond donors (Lipinski definition) is 0. The second-order valence-electron chi connectivity index (χ2n) is 3.98. The van der Waals surface area contributed by atoms with Crippen LogP contribution in [0.25, 0.3) is 0 Å². The molecule has 0 N–H and O–H groups in total. The molecule has 3 nitrogen and oxygen atoms in total. The molecule has 0 heterocycles. The van der Waals surface area contributed by atoms with Gasteiger partial charge in [-0.2, -0.15) is 5.26 Å². The molecule has 0 aliphatic carbocycles. The van der Waals surface area contributed by atoms with Crippen molar-refractivity contribution in [2.24, 2.45) is 0 Å². The van der Waals surface area contributed by atoms with Crippen molar-refractivity contribution in [2.45, 2.75) is 0 Å². The van der Waals surface area contributed by atoms with Gasteiger partial charge in [-0.05, 0) is 30.3 Å². The predicted molar refractivity (Wildman–Crippen MR) is 75.1 cm³/mol. The van der Waals surface area contributed by atoms with E-state index in [1.165, 1.54) is 12.1 Å². The lowest BCUT2D eigenvalue weighted by molar-refractivity contribution is 0.0918. The SMILES string of the molecule is N#Cc1ccc(OCC(=O)c2cccc(Br)c2)c(F)c1. The quantitative estimate of drug-likeness (QED) is 0.801. The molecular formula is C15H9BrFNO2. The third-order valence-corrected chi connectivity index (χ3v) is 3.06. The summed E-state index contributed by atoms with van der Waals surface area (Å²) in [7, 11) is 0. The lowest BCUT2D eigenvalue weighted by Crippen LogP contribution is -2.12. The summed E-state index contributed by atoms with van der Waals surface area (Å²) in [5, 5.41) is 8.63. The van der Waals surface area contributed by atoms with Gasteiger partial charge in [-0.15, -0.1) is 0 Å². The topological polar surface area (TPSA) is 50.1 Å². The summed E-state index contributed by atoms with van der Waals surface area (Å²) in [5.74, 6) is -0.964. The molecule has 0 saturated carbocycles. The Morgan fingerprint density at radius 2 is 2.10 bits per heavy atom. The molecule has 0 radical (unpaired) electrons. The van der Waals surface area contributed by atoms with Crippen molar-refractivity contribution < 1.29 is 13.9 Å². The maximum Gasteiger partial charge on any atom is 0.200 e. The van der Waals surface area contributed by atoms with Gasteiger partial charge < -0.3 is 4.74 Å². The summed E-state index contributed by atoms with van der Waals surface area (Å²) >= 11 is 3.27. The van der Waals surface area contributed by atoms with Gasteiger partial charge in [0, 0.05) is 10.0 Å². The van der Waals surface area contributed by atoms with Gasteiger partial charge in [-0.3, -0.25) is 4.79 Å². The lowest BCUT2D eigenvalue weighted by atomic mass is 10.1. The van der Waals surface area contributed by atoms with E-state index < -0.39 is 5.82 Å². The molecule has 20 heavy (non-hydrogen) atoms. The minimum atomic E-state index is -0.661. The molecule has 100 valence electrons. The number of hydrogen-bond acceptors (Lipinski definition) is 3. The van der Waals surface area contributed by atoms with Crippen molar-refractivity contribution in [3.63, 3.8) is 0 Å². The highest BCUT2D eigenvalue weighted by atomic mass is 79.9. The zero-order valence-corrected chi connectivity index (χ0v) is 11.9. The smallest absolute Gasteiger partial charge is 0.200 e. The van der Waals surface area contributed by atoms with Crippen LogP contribution in [0.15, 0.2) is 46.9 Å². The number of halogens is 2. The number of carbonyl (C=O) groups excluding carboxylic acids is 1. The Labute approximate surface area is 123 Å². The van der Waals surface area contributed by atoms with Gasteiger partial charge >= 0.3 is 0 Å². The fourth-order valence-corrected chi connectivity index (χ4v) is 1.98. The first-order valence-electron chi connectivity index (χ1n) is 5.71. The summed E-state index contributed by atoms with van der Waals surface area (Å²) in [6, 6.07) is 12.5. The van der Waals surface area contributed by atoms with E-state index in [1.54, 1.807) is 24.3 Å². The Bertz CT molecular complexity index is 695. The highest BCUT2D eigenvalue weighted by molar-refractivity contribution is 9.10. The molecule has 5 heteroatoms. The Balaban J connectivity index is 2.06. The molecule has 0 aromatic heterocycles. The molecule has 0 aliphatic rings. The van der Waals surface area contributed by atoms with Crippen LogP contribution < -0.4 is 4.74 Å². The van der Waals surface area contributed by atoms with Crippen LogP contribution in [-0.2, 0) is 0 Å². The van der Waals surface area contributed by atoms with Gasteiger partial charge in [0.2, 0.25) is 0 Å². The molecule has 0 spiro atoms. The van der Waals surface area contributed by atoms with Crippen LogP contribution in [0, 0.1) is 17.1 Å². The molecule has 0 bridgehead atoms. The average molecular weight is 334 g/mol. The molecule has 0 atom stereocenters. The second-order valence-corrected chi connectivity index (χ2v) is 4.89. The Morgan fingerprint density at radius 1 is 1.30 bits per heavy atom. The first-order valence-corrected chi connectivity index (χ1v) is 6.50. The van der Waals surface area contributed by atoms with Crippen molar-refractivity contribution >= 4 is 21.7 Å². The van der Waals surface area contributed by atoms with Crippen molar-refractivity contribution in [1.29, 1.82) is 5.26 Å². The van der Waals surface area contributed by atoms with E-state index in [0.29, 0.717) is 5.56 Å².